The maximum atomic E-state index is 13.6. The predicted molar refractivity (Wildman–Crippen MR) is 135 cm³/mol. The van der Waals surface area contributed by atoms with Gasteiger partial charge in [-0.1, -0.05) is 59.6 Å². The first kappa shape index (κ1) is 25.0. The van der Waals surface area contributed by atoms with Crippen molar-refractivity contribution in [3.05, 3.63) is 64.1 Å². The molecule has 5 rings (SSSR count). The molecule has 2 atom stereocenters. The Morgan fingerprint density at radius 1 is 1.06 bits per heavy atom. The average Bonchev–Trinajstić information content (AvgIpc) is 3.45. The van der Waals surface area contributed by atoms with Crippen LogP contribution in [0, 0.1) is 0 Å². The molecular weight excluding hydrogens is 509 g/mol. The third-order valence-electron chi connectivity index (χ3n) is 7.30. The normalized spacial score (nSPS) is 25.0. The number of carbonyl (C=O) groups is 1. The lowest BCUT2D eigenvalue weighted by atomic mass is 9.96. The number of piperidine rings is 1. The molecule has 0 aromatic heterocycles. The number of nitrogens with one attached hydrogen (secondary N) is 1. The van der Waals surface area contributed by atoms with Gasteiger partial charge in [0.05, 0.1) is 27.9 Å². The smallest absolute Gasteiger partial charge is 0.244 e. The van der Waals surface area contributed by atoms with Crippen LogP contribution in [0.3, 0.4) is 0 Å². The van der Waals surface area contributed by atoms with Crippen LogP contribution in [0.1, 0.15) is 31.2 Å². The standard InChI is InChI=1S/C25H29Cl2N3O4S/c26-20-9-4-10-22(23(20)27)35(32,33)29-13-11-25(12-14-29)28-21(16-18-6-2-1-3-7-18)24(31)30(25)17-19-8-5-15-34-19/h1-4,6-7,9-10,19,21,28H,5,8,11-17H2/t19-,21-/m1/s1. The Morgan fingerprint density at radius 2 is 1.80 bits per heavy atom. The molecule has 2 aromatic carbocycles. The van der Waals surface area contributed by atoms with Crippen LogP contribution >= 0.6 is 23.2 Å². The molecule has 188 valence electrons. The van der Waals surface area contributed by atoms with Gasteiger partial charge in [0.25, 0.3) is 0 Å². The fourth-order valence-electron chi connectivity index (χ4n) is 5.44. The predicted octanol–water partition coefficient (Wildman–Crippen LogP) is 3.70. The SMILES string of the molecule is O=C1[C@@H](Cc2ccccc2)NC2(CCN(S(=O)(=O)c3cccc(Cl)c3Cl)CC2)N1C[C@H]1CCCO1. The Balaban J connectivity index is 1.37. The Labute approximate surface area is 216 Å². The monoisotopic (exact) mass is 537 g/mol. The molecule has 0 saturated carbocycles. The van der Waals surface area contributed by atoms with Crippen LogP contribution in [0.2, 0.25) is 10.0 Å². The highest BCUT2D eigenvalue weighted by molar-refractivity contribution is 7.89. The van der Waals surface area contributed by atoms with Crippen molar-refractivity contribution in [3.8, 4) is 0 Å². The summed E-state index contributed by atoms with van der Waals surface area (Å²) in [7, 11) is -3.82. The summed E-state index contributed by atoms with van der Waals surface area (Å²) in [4.78, 5) is 15.5. The maximum absolute atomic E-state index is 13.6. The lowest BCUT2D eigenvalue weighted by Crippen LogP contribution is -2.60. The molecule has 1 N–H and O–H groups in total. The molecule has 0 aliphatic carbocycles. The molecule has 3 fully saturated rings. The van der Waals surface area contributed by atoms with Gasteiger partial charge in [-0.25, -0.2) is 8.42 Å². The molecular formula is C25H29Cl2N3O4S. The third kappa shape index (κ3) is 4.84. The van der Waals surface area contributed by atoms with Crippen molar-refractivity contribution in [2.24, 2.45) is 0 Å². The van der Waals surface area contributed by atoms with Crippen molar-refractivity contribution in [1.82, 2.24) is 14.5 Å². The van der Waals surface area contributed by atoms with Gasteiger partial charge in [0.1, 0.15) is 4.90 Å². The van der Waals surface area contributed by atoms with Crippen molar-refractivity contribution >= 4 is 39.1 Å². The van der Waals surface area contributed by atoms with E-state index in [9.17, 15) is 13.2 Å². The van der Waals surface area contributed by atoms with Crippen LogP contribution in [0.4, 0.5) is 0 Å². The second kappa shape index (κ2) is 10.00. The van der Waals surface area contributed by atoms with E-state index in [1.54, 1.807) is 12.1 Å². The lowest BCUT2D eigenvalue weighted by Gasteiger charge is -2.44. The van der Waals surface area contributed by atoms with E-state index in [-0.39, 0.29) is 46.1 Å². The van der Waals surface area contributed by atoms with E-state index >= 15 is 0 Å². The minimum absolute atomic E-state index is 0.0104. The number of rotatable bonds is 6. The molecule has 2 aromatic rings. The molecule has 0 radical (unpaired) electrons. The highest BCUT2D eigenvalue weighted by Gasteiger charge is 2.53. The van der Waals surface area contributed by atoms with Crippen LogP contribution in [0.25, 0.3) is 0 Å². The topological polar surface area (TPSA) is 79.0 Å². The maximum Gasteiger partial charge on any atom is 0.244 e. The van der Waals surface area contributed by atoms with Crippen molar-refractivity contribution in [2.45, 2.75) is 54.8 Å². The zero-order valence-electron chi connectivity index (χ0n) is 19.3. The molecule has 35 heavy (non-hydrogen) atoms. The van der Waals surface area contributed by atoms with Gasteiger partial charge in [-0.15, -0.1) is 0 Å². The molecule has 3 aliphatic rings. The van der Waals surface area contributed by atoms with Gasteiger partial charge < -0.3 is 9.64 Å². The van der Waals surface area contributed by atoms with E-state index in [2.05, 4.69) is 5.32 Å². The molecule has 3 saturated heterocycles. The Bertz CT molecular complexity index is 1180. The molecule has 0 bridgehead atoms. The first-order valence-corrected chi connectivity index (χ1v) is 14.2. The van der Waals surface area contributed by atoms with E-state index in [1.807, 2.05) is 35.2 Å². The number of amides is 1. The molecule has 1 amide bonds. The number of halogens is 2. The van der Waals surface area contributed by atoms with Crippen LogP contribution < -0.4 is 5.32 Å². The zero-order valence-corrected chi connectivity index (χ0v) is 21.7. The summed E-state index contributed by atoms with van der Waals surface area (Å²) in [5, 5.41) is 3.85. The van der Waals surface area contributed by atoms with Crippen molar-refractivity contribution < 1.29 is 17.9 Å². The lowest BCUT2D eigenvalue weighted by molar-refractivity contribution is -0.135. The number of nitrogens with zero attached hydrogens (tertiary/aromatic N) is 2. The summed E-state index contributed by atoms with van der Waals surface area (Å²) in [5.74, 6) is 0.0542. The number of hydrogen-bond acceptors (Lipinski definition) is 5. The van der Waals surface area contributed by atoms with Gasteiger partial charge in [0.2, 0.25) is 15.9 Å². The van der Waals surface area contributed by atoms with Gasteiger partial charge in [-0.05, 0) is 49.8 Å². The summed E-state index contributed by atoms with van der Waals surface area (Å²) in [6.07, 6.45) is 3.48. The first-order chi connectivity index (χ1) is 16.8. The fourth-order valence-corrected chi connectivity index (χ4v) is 7.62. The Kier molecular flexibility index (Phi) is 7.14. The summed E-state index contributed by atoms with van der Waals surface area (Å²) in [5.41, 5.74) is 0.482. The van der Waals surface area contributed by atoms with Gasteiger partial charge in [-0.2, -0.15) is 4.31 Å². The number of ether oxygens (including phenoxy) is 1. The Hall–Kier alpha value is -1.68. The van der Waals surface area contributed by atoms with Crippen LogP contribution in [0.5, 0.6) is 0 Å². The molecule has 1 spiro atoms. The number of sulfonamides is 1. The molecule has 3 aliphatic heterocycles. The quantitative estimate of drug-likeness (QED) is 0.607. The summed E-state index contributed by atoms with van der Waals surface area (Å²) >= 11 is 12.3. The van der Waals surface area contributed by atoms with Gasteiger partial charge in [-0.3, -0.25) is 10.1 Å². The van der Waals surface area contributed by atoms with Crippen molar-refractivity contribution in [3.63, 3.8) is 0 Å². The largest absolute Gasteiger partial charge is 0.376 e. The summed E-state index contributed by atoms with van der Waals surface area (Å²) in [6.45, 7) is 1.77. The van der Waals surface area contributed by atoms with E-state index in [0.29, 0.717) is 32.4 Å². The highest BCUT2D eigenvalue weighted by atomic mass is 35.5. The summed E-state index contributed by atoms with van der Waals surface area (Å²) in [6, 6.07) is 14.2. The minimum atomic E-state index is -3.82. The van der Waals surface area contributed by atoms with E-state index in [4.69, 9.17) is 27.9 Å². The molecule has 3 heterocycles. The number of benzene rings is 2. The van der Waals surface area contributed by atoms with Gasteiger partial charge >= 0.3 is 0 Å². The van der Waals surface area contributed by atoms with E-state index in [1.165, 1.54) is 10.4 Å². The van der Waals surface area contributed by atoms with Crippen LogP contribution in [0.15, 0.2) is 53.4 Å². The van der Waals surface area contributed by atoms with Crippen LogP contribution in [-0.2, 0) is 26.0 Å². The highest BCUT2D eigenvalue weighted by Crippen LogP contribution is 2.37. The average molecular weight is 538 g/mol. The molecule has 0 unspecified atom stereocenters. The number of hydrogen-bond donors (Lipinski definition) is 1. The van der Waals surface area contributed by atoms with Gasteiger partial charge in [0, 0.05) is 26.2 Å². The third-order valence-corrected chi connectivity index (χ3v) is 10.2. The molecule has 10 heteroatoms. The first-order valence-electron chi connectivity index (χ1n) is 12.0. The van der Waals surface area contributed by atoms with Crippen molar-refractivity contribution in [2.75, 3.05) is 26.2 Å². The van der Waals surface area contributed by atoms with E-state index < -0.39 is 15.7 Å². The number of carbonyl (C=O) groups excluding carboxylic acids is 1. The fraction of sp³-hybridized carbons (Fsp3) is 0.480. The van der Waals surface area contributed by atoms with Crippen molar-refractivity contribution in [1.29, 1.82) is 0 Å². The zero-order chi connectivity index (χ0) is 24.6. The Morgan fingerprint density at radius 3 is 2.49 bits per heavy atom. The second-order valence-electron chi connectivity index (χ2n) is 9.46. The van der Waals surface area contributed by atoms with E-state index in [0.717, 1.165) is 18.4 Å². The van der Waals surface area contributed by atoms with Crippen LogP contribution in [-0.4, -0.2) is 67.6 Å². The van der Waals surface area contributed by atoms with Gasteiger partial charge in [0.15, 0.2) is 0 Å². The summed E-state index contributed by atoms with van der Waals surface area (Å²) < 4.78 is 34.0. The molecule has 7 nitrogen and oxygen atoms in total. The minimum Gasteiger partial charge on any atom is -0.376 e. The second-order valence-corrected chi connectivity index (χ2v) is 12.1.